The largest absolute Gasteiger partial charge is 0.494 e. The van der Waals surface area contributed by atoms with E-state index < -0.39 is 0 Å². The third kappa shape index (κ3) is 2.63. The molecule has 1 aliphatic heterocycles. The molecule has 2 aromatic heterocycles. The number of nitrogens with one attached hydrogen (secondary N) is 1. The number of rotatable bonds is 3. The van der Waals surface area contributed by atoms with Crippen molar-refractivity contribution in [3.05, 3.63) is 94.8 Å². The highest BCUT2D eigenvalue weighted by molar-refractivity contribution is 6.30. The monoisotopic (exact) mass is 381 g/mol. The zero-order valence-corrected chi connectivity index (χ0v) is 16.1. The Bertz CT molecular complexity index is 1260. The standard InChI is InChI=1S/C24H19N3O2/c1-14-8-9-15(2)27(14)18-12-10-17(11-13-18)22-20-19(23(28)26-22)21(25-24(20)29)16-6-4-3-5-7-16/h3-13,25,29H,1-2H3. The first-order valence-electron chi connectivity index (χ1n) is 9.44. The van der Waals surface area contributed by atoms with E-state index in [-0.39, 0.29) is 11.8 Å². The number of carbonyl (C=O) groups is 1. The number of H-pyrrole nitrogens is 1. The lowest BCUT2D eigenvalue weighted by Crippen LogP contribution is -2.02. The maximum atomic E-state index is 12.7. The molecule has 2 N–H and O–H groups in total. The number of aromatic amines is 1. The van der Waals surface area contributed by atoms with Gasteiger partial charge >= 0.3 is 0 Å². The van der Waals surface area contributed by atoms with Gasteiger partial charge in [-0.25, -0.2) is 4.99 Å². The first-order chi connectivity index (χ1) is 14.0. The Balaban J connectivity index is 1.58. The van der Waals surface area contributed by atoms with Gasteiger partial charge in [0.15, 0.2) is 5.88 Å². The van der Waals surface area contributed by atoms with Gasteiger partial charge < -0.3 is 14.7 Å². The van der Waals surface area contributed by atoms with E-state index in [2.05, 4.69) is 40.5 Å². The molecule has 5 nitrogen and oxygen atoms in total. The summed E-state index contributed by atoms with van der Waals surface area (Å²) >= 11 is 0. The first-order valence-corrected chi connectivity index (χ1v) is 9.44. The lowest BCUT2D eigenvalue weighted by atomic mass is 10.00. The van der Waals surface area contributed by atoms with Gasteiger partial charge in [0, 0.05) is 22.6 Å². The van der Waals surface area contributed by atoms with Crippen LogP contribution in [0, 0.1) is 13.8 Å². The molecule has 3 heterocycles. The van der Waals surface area contributed by atoms with Crippen molar-refractivity contribution in [2.24, 2.45) is 4.99 Å². The average molecular weight is 381 g/mol. The Morgan fingerprint density at radius 1 is 0.828 bits per heavy atom. The Hall–Kier alpha value is -3.86. The van der Waals surface area contributed by atoms with Gasteiger partial charge in [-0.2, -0.15) is 0 Å². The van der Waals surface area contributed by atoms with Gasteiger partial charge in [0.05, 0.1) is 22.5 Å². The molecule has 0 atom stereocenters. The smallest absolute Gasteiger partial charge is 0.280 e. The minimum Gasteiger partial charge on any atom is -0.494 e. The summed E-state index contributed by atoms with van der Waals surface area (Å²) < 4.78 is 2.16. The van der Waals surface area contributed by atoms with E-state index >= 15 is 0 Å². The topological polar surface area (TPSA) is 70.4 Å². The molecule has 1 aliphatic rings. The molecule has 0 bridgehead atoms. The highest BCUT2D eigenvalue weighted by Crippen LogP contribution is 2.38. The molecule has 29 heavy (non-hydrogen) atoms. The summed E-state index contributed by atoms with van der Waals surface area (Å²) in [5, 5.41) is 10.5. The number of aromatic nitrogens is 2. The first kappa shape index (κ1) is 17.3. The number of amides is 1. The summed E-state index contributed by atoms with van der Waals surface area (Å²) in [4.78, 5) is 19.9. The summed E-state index contributed by atoms with van der Waals surface area (Å²) in [5.74, 6) is -0.379. The summed E-state index contributed by atoms with van der Waals surface area (Å²) in [6.07, 6.45) is 0. The Labute approximate surface area is 168 Å². The molecule has 4 aromatic rings. The minimum absolute atomic E-state index is 0.0374. The van der Waals surface area contributed by atoms with Crippen LogP contribution in [0.25, 0.3) is 16.9 Å². The average Bonchev–Trinajstić information content (AvgIpc) is 3.37. The van der Waals surface area contributed by atoms with Crippen LogP contribution in [0.2, 0.25) is 0 Å². The van der Waals surface area contributed by atoms with Crippen molar-refractivity contribution in [1.82, 2.24) is 9.55 Å². The lowest BCUT2D eigenvalue weighted by Gasteiger charge is -2.10. The number of nitrogens with zero attached hydrogens (tertiary/aromatic N) is 2. The van der Waals surface area contributed by atoms with Crippen molar-refractivity contribution >= 4 is 11.6 Å². The number of aryl methyl sites for hydroxylation is 2. The zero-order chi connectivity index (χ0) is 20.1. The SMILES string of the molecule is Cc1ccc(C)n1-c1ccc(C2=NC(=O)c3c(-c4ccccc4)[nH]c(O)c32)cc1. The van der Waals surface area contributed by atoms with Gasteiger partial charge in [-0.3, -0.25) is 4.79 Å². The van der Waals surface area contributed by atoms with Crippen LogP contribution < -0.4 is 0 Å². The van der Waals surface area contributed by atoms with E-state index in [0.29, 0.717) is 22.5 Å². The van der Waals surface area contributed by atoms with E-state index in [1.165, 1.54) is 0 Å². The van der Waals surface area contributed by atoms with Gasteiger partial charge in [-0.05, 0) is 43.7 Å². The number of hydrogen-bond donors (Lipinski definition) is 2. The number of aliphatic imine (C=N–C) groups is 1. The predicted octanol–water partition coefficient (Wildman–Crippen LogP) is 4.79. The minimum atomic E-state index is -0.341. The van der Waals surface area contributed by atoms with Crippen LogP contribution in [0.1, 0.15) is 32.9 Å². The number of benzene rings is 2. The number of fused-ring (bicyclic) bond motifs is 1. The second-order valence-corrected chi connectivity index (χ2v) is 7.23. The zero-order valence-electron chi connectivity index (χ0n) is 16.1. The van der Waals surface area contributed by atoms with E-state index in [0.717, 1.165) is 28.2 Å². The van der Waals surface area contributed by atoms with Gasteiger partial charge in [0.2, 0.25) is 0 Å². The molecule has 2 aromatic carbocycles. The summed E-state index contributed by atoms with van der Waals surface area (Å²) in [6.45, 7) is 4.13. The quantitative estimate of drug-likeness (QED) is 0.536. The van der Waals surface area contributed by atoms with Crippen molar-refractivity contribution < 1.29 is 9.90 Å². The van der Waals surface area contributed by atoms with Crippen LogP contribution in [-0.4, -0.2) is 26.3 Å². The molecule has 0 saturated carbocycles. The van der Waals surface area contributed by atoms with Gasteiger partial charge in [-0.15, -0.1) is 0 Å². The molecular weight excluding hydrogens is 362 g/mol. The number of carbonyl (C=O) groups excluding carboxylic acids is 1. The molecule has 1 amide bonds. The fraction of sp³-hybridized carbons (Fsp3) is 0.0833. The second kappa shape index (κ2) is 6.34. The molecule has 142 valence electrons. The fourth-order valence-electron chi connectivity index (χ4n) is 4.02. The van der Waals surface area contributed by atoms with Crippen LogP contribution in [0.4, 0.5) is 0 Å². The van der Waals surface area contributed by atoms with Crippen LogP contribution >= 0.6 is 0 Å². The Morgan fingerprint density at radius 2 is 1.48 bits per heavy atom. The third-order valence-corrected chi connectivity index (χ3v) is 5.38. The number of aromatic hydroxyl groups is 1. The Kier molecular flexibility index (Phi) is 3.77. The predicted molar refractivity (Wildman–Crippen MR) is 113 cm³/mol. The van der Waals surface area contributed by atoms with Crippen molar-refractivity contribution in [2.75, 3.05) is 0 Å². The van der Waals surface area contributed by atoms with Crippen molar-refractivity contribution in [3.8, 4) is 22.8 Å². The molecule has 0 fully saturated rings. The van der Waals surface area contributed by atoms with Crippen molar-refractivity contribution in [3.63, 3.8) is 0 Å². The van der Waals surface area contributed by atoms with Gasteiger partial charge in [-0.1, -0.05) is 42.5 Å². The maximum absolute atomic E-state index is 12.7. The molecule has 0 saturated heterocycles. The van der Waals surface area contributed by atoms with E-state index in [9.17, 15) is 9.90 Å². The molecule has 0 aliphatic carbocycles. The fourth-order valence-corrected chi connectivity index (χ4v) is 4.02. The summed E-state index contributed by atoms with van der Waals surface area (Å²) in [6, 6.07) is 21.5. The summed E-state index contributed by atoms with van der Waals surface area (Å²) in [7, 11) is 0. The van der Waals surface area contributed by atoms with E-state index in [4.69, 9.17) is 0 Å². The normalized spacial score (nSPS) is 12.9. The molecule has 5 rings (SSSR count). The van der Waals surface area contributed by atoms with E-state index in [1.807, 2.05) is 54.6 Å². The Morgan fingerprint density at radius 3 is 2.14 bits per heavy atom. The summed E-state index contributed by atoms with van der Waals surface area (Å²) in [5.41, 5.74) is 6.95. The molecular formula is C24H19N3O2. The van der Waals surface area contributed by atoms with Gasteiger partial charge in [0.1, 0.15) is 0 Å². The second-order valence-electron chi connectivity index (χ2n) is 7.23. The van der Waals surface area contributed by atoms with Crippen LogP contribution in [-0.2, 0) is 0 Å². The maximum Gasteiger partial charge on any atom is 0.280 e. The highest BCUT2D eigenvalue weighted by Gasteiger charge is 2.33. The van der Waals surface area contributed by atoms with E-state index in [1.54, 1.807) is 0 Å². The van der Waals surface area contributed by atoms with Crippen LogP contribution in [0.5, 0.6) is 5.88 Å². The highest BCUT2D eigenvalue weighted by atomic mass is 16.3. The molecule has 0 unspecified atom stereocenters. The number of hydrogen-bond acceptors (Lipinski definition) is 2. The van der Waals surface area contributed by atoms with Crippen LogP contribution in [0.3, 0.4) is 0 Å². The van der Waals surface area contributed by atoms with Gasteiger partial charge in [0.25, 0.3) is 5.91 Å². The molecule has 0 radical (unpaired) electrons. The van der Waals surface area contributed by atoms with Crippen LogP contribution in [0.15, 0.2) is 71.7 Å². The molecule has 0 spiro atoms. The van der Waals surface area contributed by atoms with Crippen molar-refractivity contribution in [1.29, 1.82) is 0 Å². The van der Waals surface area contributed by atoms with Crippen molar-refractivity contribution in [2.45, 2.75) is 13.8 Å². The lowest BCUT2D eigenvalue weighted by molar-refractivity contribution is 0.101. The molecule has 5 heteroatoms. The third-order valence-electron chi connectivity index (χ3n) is 5.38.